The molecule has 0 radical (unpaired) electrons. The van der Waals surface area contributed by atoms with Gasteiger partial charge in [-0.25, -0.2) is 24.7 Å². The summed E-state index contributed by atoms with van der Waals surface area (Å²) in [6.45, 7) is 24.1. The number of hydrogen-bond acceptors (Lipinski definition) is 21. The van der Waals surface area contributed by atoms with Crippen LogP contribution in [-0.2, 0) is 47.8 Å². The van der Waals surface area contributed by atoms with Gasteiger partial charge in [-0.2, -0.15) is 0 Å². The third-order valence-corrected chi connectivity index (χ3v) is 21.8. The third kappa shape index (κ3) is 24.8. The van der Waals surface area contributed by atoms with Crippen molar-refractivity contribution in [1.29, 1.82) is 0 Å². The number of nitrogens with zero attached hydrogens (tertiary/aromatic N) is 8. The SMILES string of the molecule is CCC[C@H](NC(=O)[C@@H]1C[C@@H](Oc2ccc(Cl)cn2)CN1C(=O)[C@@H](N)C(C)(C)C)C(O)C(=O)NC1CC1.CCC[C@H](NC(=O)[C@@H]1C[C@@H](Oc2ccc(Cl)cn2)CN1C(=O)[C@@H](NC(=O)[C@H](C1CCCCC1)N(C)C1=NC(C)(C)CO1)C(C)(C)C)C(O)C(=O)NC1CC1.CN(C1=NC(C)(C)CO1)[C@H](C(=O)O)C1CCCCC1. The van der Waals surface area contributed by atoms with E-state index < -0.39 is 125 Å². The summed E-state index contributed by atoms with van der Waals surface area (Å²) < 4.78 is 23.7. The number of aliphatic hydroxyl groups excluding tert-OH is 2. The molecular formula is C78H122Cl2N14O15. The molecule has 6 heterocycles. The van der Waals surface area contributed by atoms with Crippen LogP contribution in [0.2, 0.25) is 10.0 Å². The molecule has 0 spiro atoms. The molecule has 2 unspecified atom stereocenters. The number of hydrogen-bond donors (Lipinski definition) is 9. The fourth-order valence-electron chi connectivity index (χ4n) is 14.8. The monoisotopic (exact) mass is 1560 g/mol. The number of carboxylic acids is 1. The Labute approximate surface area is 652 Å². The highest BCUT2D eigenvalue weighted by molar-refractivity contribution is 6.30. The van der Waals surface area contributed by atoms with Crippen molar-refractivity contribution in [3.05, 3.63) is 46.7 Å². The molecule has 4 aliphatic carbocycles. The van der Waals surface area contributed by atoms with E-state index in [-0.39, 0.29) is 73.1 Å². The van der Waals surface area contributed by atoms with Crippen LogP contribution in [0.5, 0.6) is 11.8 Å². The van der Waals surface area contributed by atoms with Gasteiger partial charge < -0.3 is 86.2 Å². The number of carbonyl (C=O) groups is 8. The average molecular weight is 1570 g/mol. The standard InChI is InChI=1S/C39H60ClN7O7.C25H38ClN5O5.C14H24N2O3/c1-8-12-27(31(48)35(51)42-25-16-17-25)43-33(49)28-19-26(54-29-18-15-24(40)20-41-29)21-47(28)36(52)32(38(2,3)4)44-34(50)30(23-13-10-9-11-14-23)46(7)37-45-39(5,6)22-53-37;1-5-6-17(20(32)23(34)29-15-8-9-15)30-22(33)18-11-16(36-19-10-7-14(26)12-28-19)13-31(18)24(35)21(27)25(2,3)4;1-14(2)9-19-13(15-14)16(3)11(12(17)18)10-7-5-4-6-8-10/h15,18,20,23,25-28,30-32,48H,8-14,16-17,19,21-22H2,1-7H3,(H,42,51)(H,43,49)(H,44,50);7,10,12,15-18,20-21,32H,5-6,8-9,11,13,27H2,1-4H3,(H,29,34)(H,30,33);10-11H,4-9H2,1-3H3,(H,17,18)/t26-,27+,28+,30+,31?,32-;16-,17+,18+,20?,21-;11-/m110/s1. The predicted molar refractivity (Wildman–Crippen MR) is 413 cm³/mol. The number of aliphatic hydroxyl groups is 2. The van der Waals surface area contributed by atoms with Gasteiger partial charge in [0, 0.05) is 63.5 Å². The number of pyridine rings is 2. The zero-order valence-electron chi connectivity index (χ0n) is 66.3. The number of aliphatic carboxylic acids is 1. The fraction of sp³-hybridized carbons (Fsp3) is 0.744. The second-order valence-electron chi connectivity index (χ2n) is 34.2. The first-order valence-electron chi connectivity index (χ1n) is 39.2. The van der Waals surface area contributed by atoms with Gasteiger partial charge in [-0.15, -0.1) is 0 Å². The van der Waals surface area contributed by atoms with Gasteiger partial charge >= 0.3 is 5.97 Å². The molecule has 4 saturated carbocycles. The van der Waals surface area contributed by atoms with Crippen molar-refractivity contribution in [2.24, 2.45) is 38.4 Å². The predicted octanol–water partition coefficient (Wildman–Crippen LogP) is 7.08. The van der Waals surface area contributed by atoms with E-state index in [4.69, 9.17) is 52.9 Å². The fourth-order valence-corrected chi connectivity index (χ4v) is 15.0. The van der Waals surface area contributed by atoms with Gasteiger partial charge in [0.1, 0.15) is 55.6 Å². The molecule has 8 aliphatic rings. The molecule has 6 fully saturated rings. The molecule has 608 valence electrons. The Kier molecular flexibility index (Phi) is 30.6. The zero-order chi connectivity index (χ0) is 80.0. The lowest BCUT2D eigenvalue weighted by atomic mass is 9.81. The summed E-state index contributed by atoms with van der Waals surface area (Å²) in [6, 6.07) is 0.997. The summed E-state index contributed by atoms with van der Waals surface area (Å²) in [4.78, 5) is 131. The number of nitrogens with one attached hydrogen (secondary N) is 5. The van der Waals surface area contributed by atoms with Crippen LogP contribution in [-0.4, -0.2) is 241 Å². The van der Waals surface area contributed by atoms with Crippen molar-refractivity contribution in [3.63, 3.8) is 0 Å². The number of ether oxygens (including phenoxy) is 4. The van der Waals surface area contributed by atoms with Crippen molar-refractivity contribution in [1.82, 2.24) is 56.2 Å². The second kappa shape index (κ2) is 38.3. The molecule has 2 aromatic heterocycles. The molecule has 0 bridgehead atoms. The van der Waals surface area contributed by atoms with Crippen LogP contribution in [0.3, 0.4) is 0 Å². The Morgan fingerprint density at radius 3 is 1.32 bits per heavy atom. The van der Waals surface area contributed by atoms with Crippen molar-refractivity contribution in [2.75, 3.05) is 40.4 Å². The van der Waals surface area contributed by atoms with E-state index in [9.17, 15) is 53.7 Å². The van der Waals surface area contributed by atoms with Gasteiger partial charge in [-0.05, 0) is 127 Å². The summed E-state index contributed by atoms with van der Waals surface area (Å²) in [6.07, 6.45) is 15.1. The topological polar surface area (TPSA) is 384 Å². The number of amidine groups is 2. The number of likely N-dealkylation sites (tertiary alicyclic amines) is 2. The van der Waals surface area contributed by atoms with Crippen molar-refractivity contribution in [2.45, 2.75) is 307 Å². The first kappa shape index (κ1) is 87.2. The first-order chi connectivity index (χ1) is 51.3. The van der Waals surface area contributed by atoms with E-state index in [1.165, 1.54) is 28.6 Å². The number of halogens is 2. The molecule has 4 aliphatic heterocycles. The van der Waals surface area contributed by atoms with Gasteiger partial charge in [0.15, 0.2) is 12.2 Å². The molecule has 10 N–H and O–H groups in total. The van der Waals surface area contributed by atoms with Crippen LogP contribution < -0.4 is 41.8 Å². The maximum absolute atomic E-state index is 14.8. The summed E-state index contributed by atoms with van der Waals surface area (Å²) in [5.41, 5.74) is 4.31. The van der Waals surface area contributed by atoms with Gasteiger partial charge in [0.05, 0.1) is 52.3 Å². The number of likely N-dealkylation sites (N-methyl/N-ethyl adjacent to an activating group) is 2. The van der Waals surface area contributed by atoms with Crippen LogP contribution in [0.15, 0.2) is 46.6 Å². The molecule has 109 heavy (non-hydrogen) atoms. The highest BCUT2D eigenvalue weighted by Crippen LogP contribution is 2.36. The van der Waals surface area contributed by atoms with E-state index in [0.717, 1.165) is 83.5 Å². The molecule has 0 aromatic carbocycles. The van der Waals surface area contributed by atoms with Crippen LogP contribution >= 0.6 is 23.2 Å². The number of carboxylic acid groups (broad SMARTS) is 1. The van der Waals surface area contributed by atoms with Crippen molar-refractivity contribution >= 4 is 82.6 Å². The maximum atomic E-state index is 14.8. The number of carbonyl (C=O) groups excluding carboxylic acids is 7. The van der Waals surface area contributed by atoms with Crippen molar-refractivity contribution in [3.8, 4) is 11.8 Å². The minimum absolute atomic E-state index is 0.0310. The Morgan fingerprint density at radius 1 is 0.587 bits per heavy atom. The molecule has 2 aromatic rings. The van der Waals surface area contributed by atoms with Crippen LogP contribution in [0.4, 0.5) is 0 Å². The molecule has 12 atom stereocenters. The highest BCUT2D eigenvalue weighted by Gasteiger charge is 2.50. The van der Waals surface area contributed by atoms with Gasteiger partial charge in [-0.1, -0.05) is 130 Å². The summed E-state index contributed by atoms with van der Waals surface area (Å²) in [7, 11) is 3.61. The minimum Gasteiger partial charge on any atom is -0.480 e. The molecule has 31 heteroatoms. The number of nitrogens with two attached hydrogens (primary N) is 1. The van der Waals surface area contributed by atoms with E-state index in [0.29, 0.717) is 66.9 Å². The number of amides is 7. The molecule has 2 saturated heterocycles. The normalized spacial score (nSPS) is 23.4. The lowest BCUT2D eigenvalue weighted by Gasteiger charge is -2.39. The van der Waals surface area contributed by atoms with Crippen LogP contribution in [0.25, 0.3) is 0 Å². The van der Waals surface area contributed by atoms with E-state index in [1.807, 2.05) is 95.0 Å². The summed E-state index contributed by atoms with van der Waals surface area (Å²) in [5, 5.41) is 46.5. The maximum Gasteiger partial charge on any atom is 0.326 e. The summed E-state index contributed by atoms with van der Waals surface area (Å²) in [5.74, 6) is -3.05. The lowest BCUT2D eigenvalue weighted by Crippen LogP contribution is -2.62. The lowest BCUT2D eigenvalue weighted by molar-refractivity contribution is -0.145. The molecule has 7 amide bonds. The van der Waals surface area contributed by atoms with Crippen LogP contribution in [0.1, 0.15) is 212 Å². The second-order valence-corrected chi connectivity index (χ2v) is 35.1. The Balaban J connectivity index is 0.000000232. The Morgan fingerprint density at radius 2 is 0.982 bits per heavy atom. The van der Waals surface area contributed by atoms with Gasteiger partial charge in [-0.3, -0.25) is 33.6 Å². The molecular weight excluding hydrogens is 1440 g/mol. The van der Waals surface area contributed by atoms with E-state index >= 15 is 0 Å². The number of aromatic nitrogens is 2. The number of aliphatic imine (C=N–C) groups is 2. The Bertz CT molecular complexity index is 3480. The first-order valence-corrected chi connectivity index (χ1v) is 40.0. The van der Waals surface area contributed by atoms with Gasteiger partial charge in [0.2, 0.25) is 41.3 Å². The summed E-state index contributed by atoms with van der Waals surface area (Å²) >= 11 is 11.9. The molecule has 29 nitrogen and oxygen atoms in total. The molecule has 10 rings (SSSR count). The zero-order valence-corrected chi connectivity index (χ0v) is 67.8. The highest BCUT2D eigenvalue weighted by atomic mass is 35.5. The van der Waals surface area contributed by atoms with Crippen molar-refractivity contribution < 1.29 is 72.6 Å². The third-order valence-electron chi connectivity index (χ3n) is 21.3. The quantitative estimate of drug-likeness (QED) is 0.0431. The van der Waals surface area contributed by atoms with E-state index in [2.05, 4.69) is 41.5 Å². The number of rotatable bonds is 27. The minimum atomic E-state index is -1.46. The van der Waals surface area contributed by atoms with Gasteiger partial charge in [0.25, 0.3) is 23.9 Å². The smallest absolute Gasteiger partial charge is 0.326 e. The van der Waals surface area contributed by atoms with Crippen LogP contribution in [0, 0.1) is 22.7 Å². The Hall–Kier alpha value is -7.34. The average Bonchev–Trinajstić information content (AvgIpc) is 1.72. The van der Waals surface area contributed by atoms with E-state index in [1.54, 1.807) is 36.2 Å². The largest absolute Gasteiger partial charge is 0.480 e.